The Hall–Kier alpha value is -1.40. The van der Waals surface area contributed by atoms with Crippen molar-refractivity contribution in [3.63, 3.8) is 0 Å². The Morgan fingerprint density at radius 1 is 1.12 bits per heavy atom. The van der Waals surface area contributed by atoms with E-state index in [4.69, 9.17) is 0 Å². The molecule has 1 aromatic carbocycles. The Bertz CT molecular complexity index is 722. The standard InChI is InChI=1S/C18H26N2O3S/c1-14(21)19(2)17-9-11-20(12-10-17)24(22,23)18-8-7-15-5-3-4-6-16(15)13-18/h7-8,13,17H,3-6,9-12H2,1-2H3. The zero-order chi connectivity index (χ0) is 17.3. The van der Waals surface area contributed by atoms with E-state index in [2.05, 4.69) is 0 Å². The average molecular weight is 350 g/mol. The number of nitrogens with zero attached hydrogens (tertiary/aromatic N) is 2. The monoisotopic (exact) mass is 350 g/mol. The minimum atomic E-state index is -3.44. The molecular formula is C18H26N2O3S. The minimum absolute atomic E-state index is 0.0333. The summed E-state index contributed by atoms with van der Waals surface area (Å²) in [4.78, 5) is 13.6. The molecule has 0 spiro atoms. The maximum atomic E-state index is 12.9. The second-order valence-electron chi connectivity index (χ2n) is 6.90. The van der Waals surface area contributed by atoms with Crippen LogP contribution in [0.2, 0.25) is 0 Å². The summed E-state index contributed by atoms with van der Waals surface area (Å²) in [6.07, 6.45) is 5.75. The number of rotatable bonds is 3. The number of amides is 1. The highest BCUT2D eigenvalue weighted by Crippen LogP contribution is 2.27. The number of aryl methyl sites for hydroxylation is 2. The highest BCUT2D eigenvalue weighted by molar-refractivity contribution is 7.89. The first-order valence-corrected chi connectivity index (χ1v) is 10.2. The normalized spacial score (nSPS) is 19.8. The first kappa shape index (κ1) is 17.4. The van der Waals surface area contributed by atoms with Gasteiger partial charge in [-0.2, -0.15) is 4.31 Å². The molecule has 2 aliphatic rings. The molecule has 1 heterocycles. The molecule has 0 saturated carbocycles. The van der Waals surface area contributed by atoms with Crippen molar-refractivity contribution in [3.8, 4) is 0 Å². The molecule has 24 heavy (non-hydrogen) atoms. The van der Waals surface area contributed by atoms with Gasteiger partial charge in [-0.25, -0.2) is 8.42 Å². The topological polar surface area (TPSA) is 57.7 Å². The first-order valence-electron chi connectivity index (χ1n) is 8.75. The zero-order valence-electron chi connectivity index (χ0n) is 14.5. The molecule has 1 aromatic rings. The molecule has 0 atom stereocenters. The quantitative estimate of drug-likeness (QED) is 0.840. The number of hydrogen-bond acceptors (Lipinski definition) is 3. The van der Waals surface area contributed by atoms with Gasteiger partial charge in [0.1, 0.15) is 0 Å². The van der Waals surface area contributed by atoms with Crippen molar-refractivity contribution >= 4 is 15.9 Å². The van der Waals surface area contributed by atoms with Crippen molar-refractivity contribution in [3.05, 3.63) is 29.3 Å². The molecule has 6 heteroatoms. The van der Waals surface area contributed by atoms with Gasteiger partial charge in [0, 0.05) is 33.1 Å². The summed E-state index contributed by atoms with van der Waals surface area (Å²) in [6.45, 7) is 2.50. The van der Waals surface area contributed by atoms with E-state index in [1.54, 1.807) is 29.2 Å². The molecule has 0 N–H and O–H groups in total. The molecule has 1 aliphatic heterocycles. The Labute approximate surface area is 144 Å². The summed E-state index contributed by atoms with van der Waals surface area (Å²) < 4.78 is 27.4. The van der Waals surface area contributed by atoms with Crippen LogP contribution in [-0.2, 0) is 27.7 Å². The van der Waals surface area contributed by atoms with Crippen molar-refractivity contribution < 1.29 is 13.2 Å². The molecule has 1 fully saturated rings. The van der Waals surface area contributed by atoms with Crippen LogP contribution in [0, 0.1) is 0 Å². The number of fused-ring (bicyclic) bond motifs is 1. The number of carbonyl (C=O) groups is 1. The number of benzene rings is 1. The van der Waals surface area contributed by atoms with Crippen molar-refractivity contribution in [1.82, 2.24) is 9.21 Å². The second kappa shape index (κ2) is 6.84. The van der Waals surface area contributed by atoms with E-state index in [9.17, 15) is 13.2 Å². The highest BCUT2D eigenvalue weighted by atomic mass is 32.2. The van der Waals surface area contributed by atoms with E-state index in [1.165, 1.54) is 17.5 Å². The Kier molecular flexibility index (Phi) is 4.97. The third kappa shape index (κ3) is 3.35. The molecule has 5 nitrogen and oxygen atoms in total. The predicted octanol–water partition coefficient (Wildman–Crippen LogP) is 2.20. The summed E-state index contributed by atoms with van der Waals surface area (Å²) in [5.41, 5.74) is 2.48. The van der Waals surface area contributed by atoms with Crippen molar-refractivity contribution in [2.45, 2.75) is 56.4 Å². The summed E-state index contributed by atoms with van der Waals surface area (Å²) >= 11 is 0. The molecule has 3 rings (SSSR count). The van der Waals surface area contributed by atoms with Gasteiger partial charge in [-0.05, 0) is 61.8 Å². The largest absolute Gasteiger partial charge is 0.343 e. The summed E-state index contributed by atoms with van der Waals surface area (Å²) in [7, 11) is -1.64. The van der Waals surface area contributed by atoms with Gasteiger partial charge in [0.15, 0.2) is 0 Å². The number of piperidine rings is 1. The zero-order valence-corrected chi connectivity index (χ0v) is 15.3. The van der Waals surface area contributed by atoms with Gasteiger partial charge in [-0.3, -0.25) is 4.79 Å². The maximum absolute atomic E-state index is 12.9. The molecule has 1 amide bonds. The van der Waals surface area contributed by atoms with Crippen molar-refractivity contribution in [2.24, 2.45) is 0 Å². The Balaban J connectivity index is 1.74. The van der Waals surface area contributed by atoms with Gasteiger partial charge in [-0.15, -0.1) is 0 Å². The van der Waals surface area contributed by atoms with Crippen molar-refractivity contribution in [1.29, 1.82) is 0 Å². The number of hydrogen-bond donors (Lipinski definition) is 0. The van der Waals surface area contributed by atoms with Gasteiger partial charge in [0.2, 0.25) is 15.9 Å². The van der Waals surface area contributed by atoms with E-state index in [-0.39, 0.29) is 11.9 Å². The minimum Gasteiger partial charge on any atom is -0.343 e. The number of carbonyl (C=O) groups excluding carboxylic acids is 1. The van der Waals surface area contributed by atoms with Crippen LogP contribution in [0.4, 0.5) is 0 Å². The molecule has 0 aromatic heterocycles. The van der Waals surface area contributed by atoms with Crippen LogP contribution in [0.25, 0.3) is 0 Å². The Morgan fingerprint density at radius 3 is 2.38 bits per heavy atom. The first-order chi connectivity index (χ1) is 11.4. The molecular weight excluding hydrogens is 324 g/mol. The Morgan fingerprint density at radius 2 is 1.75 bits per heavy atom. The highest BCUT2D eigenvalue weighted by Gasteiger charge is 2.31. The van der Waals surface area contributed by atoms with Crippen LogP contribution in [0.3, 0.4) is 0 Å². The summed E-state index contributed by atoms with van der Waals surface area (Å²) in [5, 5.41) is 0. The molecule has 1 saturated heterocycles. The van der Waals surface area contributed by atoms with Gasteiger partial charge < -0.3 is 4.90 Å². The number of sulfonamides is 1. The fourth-order valence-corrected chi connectivity index (χ4v) is 5.27. The SMILES string of the molecule is CC(=O)N(C)C1CCN(S(=O)(=O)c2ccc3c(c2)CCCC3)CC1. The fourth-order valence-electron chi connectivity index (χ4n) is 3.75. The van der Waals surface area contributed by atoms with E-state index in [0.29, 0.717) is 30.8 Å². The van der Waals surface area contributed by atoms with E-state index >= 15 is 0 Å². The lowest BCUT2D eigenvalue weighted by atomic mass is 9.92. The van der Waals surface area contributed by atoms with Crippen LogP contribution < -0.4 is 0 Å². The predicted molar refractivity (Wildman–Crippen MR) is 93.3 cm³/mol. The van der Waals surface area contributed by atoms with Crippen LogP contribution in [-0.4, -0.2) is 49.7 Å². The van der Waals surface area contributed by atoms with Gasteiger partial charge >= 0.3 is 0 Å². The fraction of sp³-hybridized carbons (Fsp3) is 0.611. The van der Waals surface area contributed by atoms with E-state index in [0.717, 1.165) is 19.3 Å². The second-order valence-corrected chi connectivity index (χ2v) is 8.84. The lowest BCUT2D eigenvalue weighted by molar-refractivity contribution is -0.130. The average Bonchev–Trinajstić information content (AvgIpc) is 2.60. The van der Waals surface area contributed by atoms with Crippen LogP contribution in [0.15, 0.2) is 23.1 Å². The third-order valence-electron chi connectivity index (χ3n) is 5.43. The van der Waals surface area contributed by atoms with Gasteiger partial charge in [-0.1, -0.05) is 6.07 Å². The molecule has 0 bridgehead atoms. The smallest absolute Gasteiger partial charge is 0.243 e. The van der Waals surface area contributed by atoms with Crippen LogP contribution in [0.5, 0.6) is 0 Å². The molecule has 132 valence electrons. The lowest BCUT2D eigenvalue weighted by Crippen LogP contribution is -2.46. The molecule has 1 aliphatic carbocycles. The maximum Gasteiger partial charge on any atom is 0.243 e. The van der Waals surface area contributed by atoms with Gasteiger partial charge in [0.05, 0.1) is 4.90 Å². The lowest BCUT2D eigenvalue weighted by Gasteiger charge is -2.35. The van der Waals surface area contributed by atoms with Crippen molar-refractivity contribution in [2.75, 3.05) is 20.1 Å². The van der Waals surface area contributed by atoms with Gasteiger partial charge in [0.25, 0.3) is 0 Å². The molecule has 0 radical (unpaired) electrons. The van der Waals surface area contributed by atoms with E-state index in [1.807, 2.05) is 12.1 Å². The van der Waals surface area contributed by atoms with E-state index < -0.39 is 10.0 Å². The third-order valence-corrected chi connectivity index (χ3v) is 7.32. The van der Waals surface area contributed by atoms with Crippen LogP contribution >= 0.6 is 0 Å². The summed E-state index contributed by atoms with van der Waals surface area (Å²) in [5.74, 6) is 0.0333. The van der Waals surface area contributed by atoms with Crippen LogP contribution in [0.1, 0.15) is 43.7 Å². The summed E-state index contributed by atoms with van der Waals surface area (Å²) in [6, 6.07) is 5.75. The molecule has 0 unspecified atom stereocenters.